The molecule has 2 aromatic heterocycles. The molecule has 0 fully saturated rings. The first kappa shape index (κ1) is 18.1. The number of anilines is 1. The number of amides is 1. The van der Waals surface area contributed by atoms with Crippen molar-refractivity contribution in [3.05, 3.63) is 78.6 Å². The summed E-state index contributed by atoms with van der Waals surface area (Å²) in [6.07, 6.45) is 2.42. The zero-order chi connectivity index (χ0) is 20.3. The van der Waals surface area contributed by atoms with Gasteiger partial charge < -0.3 is 14.6 Å². The third kappa shape index (κ3) is 3.53. The van der Waals surface area contributed by atoms with E-state index in [0.717, 1.165) is 17.5 Å². The smallest absolute Gasteiger partial charge is 0.260 e. The highest BCUT2D eigenvalue weighted by atomic mass is 16.5. The van der Waals surface area contributed by atoms with Crippen LogP contribution in [0.15, 0.2) is 73.1 Å². The van der Waals surface area contributed by atoms with Crippen LogP contribution in [0.1, 0.15) is 16.8 Å². The lowest BCUT2D eigenvalue weighted by atomic mass is 10.0. The minimum Gasteiger partial charge on any atom is -0.493 e. The van der Waals surface area contributed by atoms with Crippen LogP contribution in [0.5, 0.6) is 5.75 Å². The molecule has 1 amide bonds. The van der Waals surface area contributed by atoms with E-state index in [1.54, 1.807) is 12.4 Å². The summed E-state index contributed by atoms with van der Waals surface area (Å²) in [4.78, 5) is 17.7. The molecule has 148 valence electrons. The average Bonchev–Trinajstić information content (AvgIpc) is 3.26. The quantitative estimate of drug-likeness (QED) is 0.524. The maximum atomic E-state index is 13.1. The Labute approximate surface area is 173 Å². The van der Waals surface area contributed by atoms with Gasteiger partial charge in [0.15, 0.2) is 5.82 Å². The van der Waals surface area contributed by atoms with E-state index in [9.17, 15) is 4.79 Å². The van der Waals surface area contributed by atoms with Crippen LogP contribution in [0.2, 0.25) is 0 Å². The molecule has 2 bridgehead atoms. The Hall–Kier alpha value is -4.00. The molecule has 30 heavy (non-hydrogen) atoms. The average molecular weight is 397 g/mol. The maximum absolute atomic E-state index is 13.1. The number of aryl methyl sites for hydroxylation is 1. The molecule has 4 aromatic rings. The molecule has 7 heteroatoms. The van der Waals surface area contributed by atoms with Crippen molar-refractivity contribution in [3.63, 3.8) is 0 Å². The monoisotopic (exact) mass is 397 g/mol. The van der Waals surface area contributed by atoms with Crippen LogP contribution in [0, 0.1) is 0 Å². The highest BCUT2D eigenvalue weighted by Gasteiger charge is 2.17. The fraction of sp³-hybridized carbons (Fsp3) is 0.130. The molecule has 7 nitrogen and oxygen atoms in total. The third-order valence-corrected chi connectivity index (χ3v) is 4.97. The van der Waals surface area contributed by atoms with Gasteiger partial charge in [-0.15, -0.1) is 10.2 Å². The summed E-state index contributed by atoms with van der Waals surface area (Å²) in [5.74, 6) is 1.39. The lowest BCUT2D eigenvalue weighted by Crippen LogP contribution is -2.15. The molecule has 3 heterocycles. The number of carbonyl (C=O) groups is 1. The van der Waals surface area contributed by atoms with E-state index in [2.05, 4.69) is 20.5 Å². The van der Waals surface area contributed by atoms with Gasteiger partial charge in [-0.25, -0.2) is 4.98 Å². The number of pyridine rings is 1. The van der Waals surface area contributed by atoms with E-state index in [-0.39, 0.29) is 5.91 Å². The largest absolute Gasteiger partial charge is 0.493 e. The fourth-order valence-electron chi connectivity index (χ4n) is 3.49. The Morgan fingerprint density at radius 1 is 0.967 bits per heavy atom. The normalized spacial score (nSPS) is 13.5. The van der Waals surface area contributed by atoms with Gasteiger partial charge in [0.1, 0.15) is 23.6 Å². The number of hydrogen-bond donors (Lipinski definition) is 1. The van der Waals surface area contributed by atoms with Crippen molar-refractivity contribution in [3.8, 4) is 28.4 Å². The topological polar surface area (TPSA) is 81.9 Å². The van der Waals surface area contributed by atoms with Gasteiger partial charge >= 0.3 is 0 Å². The molecule has 1 aliphatic heterocycles. The van der Waals surface area contributed by atoms with Crippen molar-refractivity contribution in [1.82, 2.24) is 19.7 Å². The summed E-state index contributed by atoms with van der Waals surface area (Å²) in [5.41, 5.74) is 3.12. The van der Waals surface area contributed by atoms with Crippen LogP contribution < -0.4 is 10.1 Å². The lowest BCUT2D eigenvalue weighted by molar-refractivity contribution is 0.102. The highest BCUT2D eigenvalue weighted by Crippen LogP contribution is 2.28. The summed E-state index contributed by atoms with van der Waals surface area (Å²) in [7, 11) is 0. The van der Waals surface area contributed by atoms with E-state index < -0.39 is 0 Å². The number of rotatable bonds is 1. The molecule has 0 aliphatic carbocycles. The second-order valence-electron chi connectivity index (χ2n) is 6.99. The predicted octanol–water partition coefficient (Wildman–Crippen LogP) is 4.04. The predicted molar refractivity (Wildman–Crippen MR) is 113 cm³/mol. The van der Waals surface area contributed by atoms with Gasteiger partial charge in [-0.2, -0.15) is 0 Å². The van der Waals surface area contributed by atoms with Crippen LogP contribution in [0.25, 0.3) is 22.6 Å². The molecule has 2 aromatic carbocycles. The van der Waals surface area contributed by atoms with Gasteiger partial charge in [0.05, 0.1) is 12.2 Å². The minimum absolute atomic E-state index is 0.270. The molecule has 1 N–H and O–H groups in total. The number of carbonyl (C=O) groups excluding carboxylic acids is 1. The zero-order valence-electron chi connectivity index (χ0n) is 16.2. The molecule has 0 atom stereocenters. The molecule has 0 saturated heterocycles. The third-order valence-electron chi connectivity index (χ3n) is 4.97. The Balaban J connectivity index is 1.56. The summed E-state index contributed by atoms with van der Waals surface area (Å²) in [5, 5.41) is 11.1. The number of hydrogen-bond acceptors (Lipinski definition) is 5. The number of fused-ring (bicyclic) bond motifs is 5. The number of nitrogens with zero attached hydrogens (tertiary/aromatic N) is 4. The van der Waals surface area contributed by atoms with Crippen LogP contribution in [0.3, 0.4) is 0 Å². The molecule has 0 unspecified atom stereocenters. The Morgan fingerprint density at radius 3 is 2.77 bits per heavy atom. The number of benzene rings is 2. The molecule has 0 spiro atoms. The van der Waals surface area contributed by atoms with Crippen molar-refractivity contribution >= 4 is 11.7 Å². The van der Waals surface area contributed by atoms with Gasteiger partial charge in [0.25, 0.3) is 5.91 Å². The van der Waals surface area contributed by atoms with Gasteiger partial charge in [-0.3, -0.25) is 4.79 Å². The first-order valence-corrected chi connectivity index (χ1v) is 9.77. The number of ether oxygens (including phenoxy) is 1. The first-order chi connectivity index (χ1) is 14.8. The van der Waals surface area contributed by atoms with Gasteiger partial charge in [-0.05, 0) is 41.8 Å². The van der Waals surface area contributed by atoms with Crippen LogP contribution >= 0.6 is 0 Å². The standard InChI is InChI=1S/C23H19N5O2/c29-23-18-14-17(16-6-2-1-3-7-16)10-11-20(18)30-13-5-12-28-15-24-27-22(28)19-8-4-9-21(25-19)26-23/h1-4,6-11,14-15H,5,12-13H2,(H,25,26,29). The molecule has 0 radical (unpaired) electrons. The van der Waals surface area contributed by atoms with Crippen molar-refractivity contribution in [2.24, 2.45) is 0 Å². The van der Waals surface area contributed by atoms with E-state index in [4.69, 9.17) is 4.74 Å². The van der Waals surface area contributed by atoms with Crippen molar-refractivity contribution in [1.29, 1.82) is 0 Å². The lowest BCUT2D eigenvalue weighted by Gasteiger charge is -2.13. The Morgan fingerprint density at radius 2 is 1.87 bits per heavy atom. The minimum atomic E-state index is -0.270. The second-order valence-corrected chi connectivity index (χ2v) is 6.99. The van der Waals surface area contributed by atoms with E-state index in [1.807, 2.05) is 65.2 Å². The van der Waals surface area contributed by atoms with Crippen LogP contribution in [-0.2, 0) is 6.54 Å². The van der Waals surface area contributed by atoms with E-state index in [0.29, 0.717) is 41.8 Å². The molecule has 1 aliphatic rings. The molecular weight excluding hydrogens is 378 g/mol. The summed E-state index contributed by atoms with van der Waals surface area (Å²) in [6.45, 7) is 1.15. The van der Waals surface area contributed by atoms with Crippen molar-refractivity contribution in [2.75, 3.05) is 11.9 Å². The van der Waals surface area contributed by atoms with Crippen molar-refractivity contribution < 1.29 is 9.53 Å². The SMILES string of the molecule is O=C1Nc2cccc(n2)-c2nncn2CCCOc2ccc(-c3ccccc3)cc21. The van der Waals surface area contributed by atoms with Crippen LogP contribution in [-0.4, -0.2) is 32.3 Å². The summed E-state index contributed by atoms with van der Waals surface area (Å²) >= 11 is 0. The number of aromatic nitrogens is 4. The fourth-order valence-corrected chi connectivity index (χ4v) is 3.49. The molecule has 0 saturated carbocycles. The van der Waals surface area contributed by atoms with Crippen molar-refractivity contribution in [2.45, 2.75) is 13.0 Å². The first-order valence-electron chi connectivity index (χ1n) is 9.77. The second kappa shape index (κ2) is 7.79. The molecule has 5 rings (SSSR count). The van der Waals surface area contributed by atoms with Gasteiger partial charge in [0, 0.05) is 6.54 Å². The Bertz CT molecular complexity index is 1200. The van der Waals surface area contributed by atoms with E-state index >= 15 is 0 Å². The van der Waals surface area contributed by atoms with Crippen LogP contribution in [0.4, 0.5) is 5.82 Å². The molecular formula is C23H19N5O2. The van der Waals surface area contributed by atoms with Gasteiger partial charge in [0.2, 0.25) is 0 Å². The maximum Gasteiger partial charge on any atom is 0.260 e. The highest BCUT2D eigenvalue weighted by molar-refractivity contribution is 6.06. The van der Waals surface area contributed by atoms with E-state index in [1.165, 1.54) is 0 Å². The zero-order valence-corrected chi connectivity index (χ0v) is 16.2. The number of nitrogens with one attached hydrogen (secondary N) is 1. The summed E-state index contributed by atoms with van der Waals surface area (Å²) in [6, 6.07) is 21.1. The summed E-state index contributed by atoms with van der Waals surface area (Å²) < 4.78 is 7.92. The van der Waals surface area contributed by atoms with Gasteiger partial charge in [-0.1, -0.05) is 42.5 Å². The Kier molecular flexibility index (Phi) is 4.69.